The van der Waals surface area contributed by atoms with Crippen LogP contribution in [0.1, 0.15) is 19.8 Å². The molecule has 2 amide bonds. The van der Waals surface area contributed by atoms with Crippen molar-refractivity contribution in [3.63, 3.8) is 0 Å². The lowest BCUT2D eigenvalue weighted by atomic mass is 10.2. The Morgan fingerprint density at radius 2 is 2.13 bits per heavy atom. The van der Waals surface area contributed by atoms with Crippen molar-refractivity contribution in [3.05, 3.63) is 30.3 Å². The van der Waals surface area contributed by atoms with Gasteiger partial charge < -0.3 is 19.7 Å². The Morgan fingerprint density at radius 1 is 1.35 bits per heavy atom. The highest BCUT2D eigenvalue weighted by Crippen LogP contribution is 2.13. The van der Waals surface area contributed by atoms with Crippen LogP contribution >= 0.6 is 0 Å². The highest BCUT2D eigenvalue weighted by atomic mass is 16.5. The van der Waals surface area contributed by atoms with Crippen LogP contribution in [0, 0.1) is 0 Å². The molecule has 23 heavy (non-hydrogen) atoms. The van der Waals surface area contributed by atoms with Gasteiger partial charge in [-0.3, -0.25) is 9.59 Å². The second-order valence-corrected chi connectivity index (χ2v) is 5.45. The molecule has 0 spiro atoms. The molecule has 126 valence electrons. The van der Waals surface area contributed by atoms with Crippen LogP contribution in [0.25, 0.3) is 0 Å². The van der Waals surface area contributed by atoms with Crippen molar-refractivity contribution < 1.29 is 19.1 Å². The van der Waals surface area contributed by atoms with Crippen LogP contribution in [0.5, 0.6) is 5.75 Å². The molecule has 1 heterocycles. The number of likely N-dealkylation sites (N-methyl/N-ethyl adjacent to an activating group) is 1. The molecule has 0 bridgehead atoms. The number of hydrogen-bond donors (Lipinski definition) is 1. The quantitative estimate of drug-likeness (QED) is 0.782. The van der Waals surface area contributed by atoms with Gasteiger partial charge in [-0.05, 0) is 31.9 Å². The van der Waals surface area contributed by atoms with Crippen LogP contribution in [-0.2, 0) is 14.3 Å². The number of ether oxygens (including phenoxy) is 2. The van der Waals surface area contributed by atoms with E-state index in [4.69, 9.17) is 9.47 Å². The lowest BCUT2D eigenvalue weighted by Gasteiger charge is -2.24. The third-order valence-electron chi connectivity index (χ3n) is 3.73. The van der Waals surface area contributed by atoms with Gasteiger partial charge >= 0.3 is 0 Å². The van der Waals surface area contributed by atoms with Crippen molar-refractivity contribution in [2.24, 2.45) is 0 Å². The van der Waals surface area contributed by atoms with E-state index in [-0.39, 0.29) is 31.1 Å². The second kappa shape index (κ2) is 9.15. The Bertz CT molecular complexity index is 501. The molecule has 1 N–H and O–H groups in total. The first-order chi connectivity index (χ1) is 11.2. The molecule has 1 aromatic carbocycles. The van der Waals surface area contributed by atoms with E-state index >= 15 is 0 Å². The number of para-hydroxylation sites is 1. The summed E-state index contributed by atoms with van der Waals surface area (Å²) in [5.41, 5.74) is 0. The molecule has 0 saturated carbocycles. The van der Waals surface area contributed by atoms with Crippen LogP contribution in [0.3, 0.4) is 0 Å². The molecule has 1 saturated heterocycles. The molecule has 6 nitrogen and oxygen atoms in total. The van der Waals surface area contributed by atoms with Gasteiger partial charge in [0.1, 0.15) is 5.75 Å². The minimum atomic E-state index is -0.310. The van der Waals surface area contributed by atoms with E-state index in [2.05, 4.69) is 5.32 Å². The molecular formula is C17H24N2O4. The van der Waals surface area contributed by atoms with Crippen molar-refractivity contribution in [2.45, 2.75) is 25.9 Å². The average molecular weight is 320 g/mol. The predicted molar refractivity (Wildman–Crippen MR) is 86.2 cm³/mol. The minimum absolute atomic E-state index is 0.0163. The Kier molecular flexibility index (Phi) is 6.87. The summed E-state index contributed by atoms with van der Waals surface area (Å²) in [7, 11) is 0. The van der Waals surface area contributed by atoms with E-state index < -0.39 is 0 Å². The van der Waals surface area contributed by atoms with Gasteiger partial charge in [0.05, 0.1) is 12.6 Å². The van der Waals surface area contributed by atoms with Crippen LogP contribution in [0.4, 0.5) is 0 Å². The van der Waals surface area contributed by atoms with Gasteiger partial charge in [0.15, 0.2) is 6.61 Å². The Hall–Kier alpha value is -2.08. The average Bonchev–Trinajstić information content (AvgIpc) is 3.09. The predicted octanol–water partition coefficient (Wildman–Crippen LogP) is 1.21. The van der Waals surface area contributed by atoms with E-state index in [0.29, 0.717) is 18.8 Å². The molecule has 0 aliphatic carbocycles. The van der Waals surface area contributed by atoms with E-state index in [1.54, 1.807) is 17.0 Å². The number of hydrogen-bond acceptors (Lipinski definition) is 4. The zero-order valence-electron chi connectivity index (χ0n) is 13.5. The molecule has 1 fully saturated rings. The van der Waals surface area contributed by atoms with E-state index in [1.165, 1.54) is 0 Å². The van der Waals surface area contributed by atoms with Gasteiger partial charge in [-0.1, -0.05) is 18.2 Å². The van der Waals surface area contributed by atoms with Crippen LogP contribution in [0.2, 0.25) is 0 Å². The highest BCUT2D eigenvalue weighted by Gasteiger charge is 2.21. The van der Waals surface area contributed by atoms with E-state index in [9.17, 15) is 9.59 Å². The molecular weight excluding hydrogens is 296 g/mol. The van der Waals surface area contributed by atoms with Crippen molar-refractivity contribution >= 4 is 11.8 Å². The van der Waals surface area contributed by atoms with Crippen LogP contribution < -0.4 is 10.1 Å². The maximum Gasteiger partial charge on any atom is 0.258 e. The summed E-state index contributed by atoms with van der Waals surface area (Å²) in [6.45, 7) is 3.77. The molecule has 0 aromatic heterocycles. The molecule has 1 atom stereocenters. The first-order valence-electron chi connectivity index (χ1n) is 8.03. The number of nitrogens with zero attached hydrogens (tertiary/aromatic N) is 1. The summed E-state index contributed by atoms with van der Waals surface area (Å²) < 4.78 is 10.9. The summed E-state index contributed by atoms with van der Waals surface area (Å²) >= 11 is 0. The lowest BCUT2D eigenvalue weighted by molar-refractivity contribution is -0.134. The van der Waals surface area contributed by atoms with Crippen molar-refractivity contribution in [2.75, 3.05) is 32.8 Å². The number of amides is 2. The van der Waals surface area contributed by atoms with Crippen LogP contribution in [-0.4, -0.2) is 55.7 Å². The molecule has 1 aromatic rings. The van der Waals surface area contributed by atoms with E-state index in [0.717, 1.165) is 19.4 Å². The van der Waals surface area contributed by atoms with Crippen LogP contribution in [0.15, 0.2) is 30.3 Å². The first kappa shape index (κ1) is 17.3. The monoisotopic (exact) mass is 320 g/mol. The zero-order chi connectivity index (χ0) is 16.5. The van der Waals surface area contributed by atoms with Crippen molar-refractivity contribution in [1.29, 1.82) is 0 Å². The molecule has 0 unspecified atom stereocenters. The summed E-state index contributed by atoms with van der Waals surface area (Å²) in [4.78, 5) is 25.6. The number of nitrogens with one attached hydrogen (secondary N) is 1. The van der Waals surface area contributed by atoms with Gasteiger partial charge in [0.25, 0.3) is 5.91 Å². The molecule has 1 aliphatic heterocycles. The standard InChI is InChI=1S/C17H24N2O4/c1-2-19(12-15-9-6-10-22-15)17(21)11-18-16(20)13-23-14-7-4-3-5-8-14/h3-5,7-8,15H,2,6,9-13H2,1H3,(H,18,20)/t15-/m0/s1. The maximum atomic E-state index is 12.2. The summed E-state index contributed by atoms with van der Waals surface area (Å²) in [6, 6.07) is 9.10. The Balaban J connectivity index is 1.68. The van der Waals surface area contributed by atoms with Gasteiger partial charge in [-0.15, -0.1) is 0 Å². The van der Waals surface area contributed by atoms with Crippen molar-refractivity contribution in [3.8, 4) is 5.75 Å². The molecule has 1 aliphatic rings. The number of benzene rings is 1. The summed E-state index contributed by atoms with van der Waals surface area (Å²) in [6.07, 6.45) is 2.15. The minimum Gasteiger partial charge on any atom is -0.484 e. The maximum absolute atomic E-state index is 12.2. The number of carbonyl (C=O) groups is 2. The second-order valence-electron chi connectivity index (χ2n) is 5.45. The lowest BCUT2D eigenvalue weighted by Crippen LogP contribution is -2.44. The SMILES string of the molecule is CCN(C[C@@H]1CCCO1)C(=O)CNC(=O)COc1ccccc1. The van der Waals surface area contributed by atoms with Gasteiger partial charge in [-0.25, -0.2) is 0 Å². The number of rotatable bonds is 8. The first-order valence-corrected chi connectivity index (χ1v) is 8.03. The third-order valence-corrected chi connectivity index (χ3v) is 3.73. The Labute approximate surface area is 136 Å². The Morgan fingerprint density at radius 3 is 2.78 bits per heavy atom. The molecule has 6 heteroatoms. The third kappa shape index (κ3) is 5.90. The number of carbonyl (C=O) groups excluding carboxylic acids is 2. The summed E-state index contributed by atoms with van der Waals surface area (Å²) in [5.74, 6) is 0.217. The highest BCUT2D eigenvalue weighted by molar-refractivity contribution is 5.85. The fourth-order valence-electron chi connectivity index (χ4n) is 2.44. The smallest absolute Gasteiger partial charge is 0.258 e. The van der Waals surface area contributed by atoms with Gasteiger partial charge in [0, 0.05) is 19.7 Å². The molecule has 2 rings (SSSR count). The van der Waals surface area contributed by atoms with Gasteiger partial charge in [0.2, 0.25) is 5.91 Å². The van der Waals surface area contributed by atoms with Crippen molar-refractivity contribution in [1.82, 2.24) is 10.2 Å². The summed E-state index contributed by atoms with van der Waals surface area (Å²) in [5, 5.41) is 2.60. The zero-order valence-corrected chi connectivity index (χ0v) is 13.5. The van der Waals surface area contributed by atoms with Gasteiger partial charge in [-0.2, -0.15) is 0 Å². The topological polar surface area (TPSA) is 67.9 Å². The fourth-order valence-corrected chi connectivity index (χ4v) is 2.44. The largest absolute Gasteiger partial charge is 0.484 e. The fraction of sp³-hybridized carbons (Fsp3) is 0.529. The normalized spacial score (nSPS) is 16.8. The van der Waals surface area contributed by atoms with E-state index in [1.807, 2.05) is 25.1 Å². The molecule has 0 radical (unpaired) electrons.